The van der Waals surface area contributed by atoms with E-state index >= 15 is 0 Å². The zero-order valence-corrected chi connectivity index (χ0v) is 10.4. The highest BCUT2D eigenvalue weighted by molar-refractivity contribution is 5.36. The summed E-state index contributed by atoms with van der Waals surface area (Å²) in [5, 5.41) is 3.31. The van der Waals surface area contributed by atoms with Crippen LogP contribution in [0.15, 0.2) is 18.2 Å². The van der Waals surface area contributed by atoms with Crippen LogP contribution in [-0.4, -0.2) is 19.2 Å². The average molecular weight is 219 g/mol. The van der Waals surface area contributed by atoms with E-state index in [1.54, 1.807) is 0 Å². The fourth-order valence-electron chi connectivity index (χ4n) is 2.29. The Morgan fingerprint density at radius 1 is 1.38 bits per heavy atom. The topological polar surface area (TPSA) is 21.3 Å². The van der Waals surface area contributed by atoms with Crippen molar-refractivity contribution in [3.05, 3.63) is 29.3 Å². The Morgan fingerprint density at radius 2 is 2.19 bits per heavy atom. The van der Waals surface area contributed by atoms with Crippen molar-refractivity contribution in [3.8, 4) is 5.75 Å². The van der Waals surface area contributed by atoms with Crippen molar-refractivity contribution in [1.82, 2.24) is 5.32 Å². The third kappa shape index (κ3) is 2.56. The van der Waals surface area contributed by atoms with Gasteiger partial charge in [-0.15, -0.1) is 0 Å². The Morgan fingerprint density at radius 3 is 2.75 bits per heavy atom. The van der Waals surface area contributed by atoms with Crippen molar-refractivity contribution < 1.29 is 4.74 Å². The molecule has 0 amide bonds. The summed E-state index contributed by atoms with van der Waals surface area (Å²) in [4.78, 5) is 0. The van der Waals surface area contributed by atoms with Crippen molar-refractivity contribution in [3.63, 3.8) is 0 Å². The molecule has 1 saturated heterocycles. The van der Waals surface area contributed by atoms with Crippen molar-refractivity contribution in [2.24, 2.45) is 0 Å². The molecule has 1 aromatic rings. The maximum atomic E-state index is 5.93. The molecular formula is C14H21NO. The van der Waals surface area contributed by atoms with Gasteiger partial charge in [-0.2, -0.15) is 0 Å². The van der Waals surface area contributed by atoms with Crippen LogP contribution in [0.1, 0.15) is 37.3 Å². The Balaban J connectivity index is 2.08. The molecule has 1 heterocycles. The third-order valence-corrected chi connectivity index (χ3v) is 3.18. The van der Waals surface area contributed by atoms with Gasteiger partial charge >= 0.3 is 0 Å². The van der Waals surface area contributed by atoms with Gasteiger partial charge in [-0.1, -0.05) is 19.9 Å². The average Bonchev–Trinajstić information content (AvgIpc) is 2.70. The largest absolute Gasteiger partial charge is 0.489 e. The molecular weight excluding hydrogens is 198 g/mol. The van der Waals surface area contributed by atoms with Crippen molar-refractivity contribution >= 4 is 0 Å². The summed E-state index contributed by atoms with van der Waals surface area (Å²) in [5.41, 5.74) is 2.75. The molecule has 0 spiro atoms. The molecule has 0 radical (unpaired) electrons. The van der Waals surface area contributed by atoms with E-state index < -0.39 is 0 Å². The van der Waals surface area contributed by atoms with Crippen LogP contribution in [-0.2, 0) is 0 Å². The highest BCUT2D eigenvalue weighted by Crippen LogP contribution is 2.24. The van der Waals surface area contributed by atoms with E-state index in [0.29, 0.717) is 12.0 Å². The summed E-state index contributed by atoms with van der Waals surface area (Å²) in [7, 11) is 0. The third-order valence-electron chi connectivity index (χ3n) is 3.18. The van der Waals surface area contributed by atoms with Crippen molar-refractivity contribution in [1.29, 1.82) is 0 Å². The fourth-order valence-corrected chi connectivity index (χ4v) is 2.29. The van der Waals surface area contributed by atoms with Crippen LogP contribution in [0.25, 0.3) is 0 Å². The monoisotopic (exact) mass is 219 g/mol. The van der Waals surface area contributed by atoms with Gasteiger partial charge in [-0.25, -0.2) is 0 Å². The molecule has 1 aromatic carbocycles. The quantitative estimate of drug-likeness (QED) is 0.844. The zero-order valence-electron chi connectivity index (χ0n) is 10.4. The summed E-state index contributed by atoms with van der Waals surface area (Å²) in [5.74, 6) is 1.60. The summed E-state index contributed by atoms with van der Waals surface area (Å²) in [6.45, 7) is 8.67. The molecule has 1 N–H and O–H groups in total. The second-order valence-corrected chi connectivity index (χ2v) is 4.91. The zero-order chi connectivity index (χ0) is 11.5. The van der Waals surface area contributed by atoms with Crippen molar-refractivity contribution in [2.75, 3.05) is 13.1 Å². The number of nitrogens with one attached hydrogen (secondary N) is 1. The molecule has 0 aliphatic carbocycles. The first-order valence-corrected chi connectivity index (χ1v) is 6.14. The first-order chi connectivity index (χ1) is 7.66. The summed E-state index contributed by atoms with van der Waals surface area (Å²) in [6.07, 6.45) is 1.47. The highest BCUT2D eigenvalue weighted by Gasteiger charge is 2.16. The molecule has 1 aliphatic rings. The fraction of sp³-hybridized carbons (Fsp3) is 0.571. The van der Waals surface area contributed by atoms with Crippen LogP contribution in [0.5, 0.6) is 5.75 Å². The molecule has 88 valence electrons. The van der Waals surface area contributed by atoms with Gasteiger partial charge in [0.1, 0.15) is 11.9 Å². The first kappa shape index (κ1) is 11.5. The Kier molecular flexibility index (Phi) is 3.49. The van der Waals surface area contributed by atoms with Crippen molar-refractivity contribution in [2.45, 2.75) is 39.2 Å². The molecule has 0 saturated carbocycles. The first-order valence-electron chi connectivity index (χ1n) is 6.14. The van der Waals surface area contributed by atoms with E-state index in [0.717, 1.165) is 25.3 Å². The number of ether oxygens (including phenoxy) is 1. The van der Waals surface area contributed by atoms with Gasteiger partial charge in [0.25, 0.3) is 0 Å². The molecule has 0 aromatic heterocycles. The maximum Gasteiger partial charge on any atom is 0.120 e. The number of aryl methyl sites for hydroxylation is 1. The van der Waals surface area contributed by atoms with E-state index in [2.05, 4.69) is 44.3 Å². The second kappa shape index (κ2) is 4.88. The van der Waals surface area contributed by atoms with Crippen LogP contribution in [0.4, 0.5) is 0 Å². The lowest BCUT2D eigenvalue weighted by Crippen LogP contribution is -2.19. The minimum atomic E-state index is 0.351. The van der Waals surface area contributed by atoms with E-state index in [1.165, 1.54) is 11.1 Å². The normalized spacial score (nSPS) is 20.4. The molecule has 2 heteroatoms. The lowest BCUT2D eigenvalue weighted by atomic mass is 9.98. The van der Waals surface area contributed by atoms with Crippen LogP contribution in [0.3, 0.4) is 0 Å². The van der Waals surface area contributed by atoms with Crippen LogP contribution in [0, 0.1) is 6.92 Å². The highest BCUT2D eigenvalue weighted by atomic mass is 16.5. The summed E-state index contributed by atoms with van der Waals surface area (Å²) in [6, 6.07) is 6.45. The predicted octanol–water partition coefficient (Wildman–Crippen LogP) is 2.86. The minimum absolute atomic E-state index is 0.351. The molecule has 1 atom stereocenters. The van der Waals surface area contributed by atoms with E-state index in [1.807, 2.05) is 0 Å². The maximum absolute atomic E-state index is 5.93. The van der Waals surface area contributed by atoms with Gasteiger partial charge in [-0.3, -0.25) is 0 Å². The Hall–Kier alpha value is -1.02. The Labute approximate surface area is 98.0 Å². The lowest BCUT2D eigenvalue weighted by Gasteiger charge is -2.15. The minimum Gasteiger partial charge on any atom is -0.489 e. The predicted molar refractivity (Wildman–Crippen MR) is 67.2 cm³/mol. The van der Waals surface area contributed by atoms with Crippen LogP contribution in [0.2, 0.25) is 0 Å². The molecule has 2 rings (SSSR count). The number of hydrogen-bond acceptors (Lipinski definition) is 2. The van der Waals surface area contributed by atoms with Crippen LogP contribution >= 0.6 is 0 Å². The van der Waals surface area contributed by atoms with Gasteiger partial charge in [0, 0.05) is 6.54 Å². The standard InChI is InChI=1S/C14H21NO/c1-10(2)14-5-4-12(8-11(14)3)16-13-6-7-15-9-13/h4-5,8,10,13,15H,6-7,9H2,1-3H3. The molecule has 1 unspecified atom stereocenters. The molecule has 0 bridgehead atoms. The van der Waals surface area contributed by atoms with Gasteiger partial charge in [0.05, 0.1) is 0 Å². The molecule has 2 nitrogen and oxygen atoms in total. The van der Waals surface area contributed by atoms with Gasteiger partial charge in [0.15, 0.2) is 0 Å². The molecule has 1 fully saturated rings. The number of hydrogen-bond donors (Lipinski definition) is 1. The Bertz CT molecular complexity index is 354. The van der Waals surface area contributed by atoms with E-state index in [9.17, 15) is 0 Å². The molecule has 1 aliphatic heterocycles. The second-order valence-electron chi connectivity index (χ2n) is 4.91. The smallest absolute Gasteiger partial charge is 0.120 e. The van der Waals surface area contributed by atoms with Gasteiger partial charge in [0.2, 0.25) is 0 Å². The van der Waals surface area contributed by atoms with Gasteiger partial charge in [-0.05, 0) is 49.1 Å². The lowest BCUT2D eigenvalue weighted by molar-refractivity contribution is 0.223. The SMILES string of the molecule is Cc1cc(OC2CCNC2)ccc1C(C)C. The number of benzene rings is 1. The van der Waals surface area contributed by atoms with E-state index in [-0.39, 0.29) is 0 Å². The molecule has 16 heavy (non-hydrogen) atoms. The van der Waals surface area contributed by atoms with E-state index in [4.69, 9.17) is 4.74 Å². The number of rotatable bonds is 3. The summed E-state index contributed by atoms with van der Waals surface area (Å²) < 4.78 is 5.93. The van der Waals surface area contributed by atoms with Gasteiger partial charge < -0.3 is 10.1 Å². The van der Waals surface area contributed by atoms with Crippen LogP contribution < -0.4 is 10.1 Å². The summed E-state index contributed by atoms with van der Waals surface area (Å²) >= 11 is 0.